The molecule has 1 spiro atoms. The van der Waals surface area contributed by atoms with Crippen LogP contribution in [0.3, 0.4) is 0 Å². The Morgan fingerprint density at radius 3 is 2.68 bits per heavy atom. The predicted octanol–water partition coefficient (Wildman–Crippen LogP) is 3.07. The van der Waals surface area contributed by atoms with Crippen LogP contribution >= 0.6 is 0 Å². The van der Waals surface area contributed by atoms with Crippen molar-refractivity contribution in [3.8, 4) is 5.75 Å². The highest BCUT2D eigenvalue weighted by molar-refractivity contribution is 5.86. The van der Waals surface area contributed by atoms with Gasteiger partial charge in [-0.3, -0.25) is 4.90 Å². The maximum absolute atomic E-state index is 14.0. The summed E-state index contributed by atoms with van der Waals surface area (Å²) in [6.45, 7) is 4.16. The first-order valence-electron chi connectivity index (χ1n) is 15.1. The Hall–Kier alpha value is -3.80. The lowest BCUT2D eigenvalue weighted by molar-refractivity contribution is -0.233. The van der Waals surface area contributed by atoms with Crippen LogP contribution in [-0.2, 0) is 32.8 Å². The number of nitrogens with zero attached hydrogens (tertiary/aromatic N) is 5. The van der Waals surface area contributed by atoms with Gasteiger partial charge in [0.1, 0.15) is 23.4 Å². The monoisotopic (exact) mass is 603 g/mol. The van der Waals surface area contributed by atoms with Crippen LogP contribution in [0, 0.1) is 11.2 Å². The lowest BCUT2D eigenvalue weighted by Crippen LogP contribution is -2.81. The number of ether oxygens (including phenoxy) is 3. The van der Waals surface area contributed by atoms with Crippen LogP contribution < -0.4 is 9.64 Å². The Morgan fingerprint density at radius 2 is 1.95 bits per heavy atom. The highest BCUT2D eigenvalue weighted by atomic mass is 19.1. The van der Waals surface area contributed by atoms with Crippen molar-refractivity contribution >= 4 is 11.7 Å². The molecule has 3 aromatic rings. The van der Waals surface area contributed by atoms with Crippen LogP contribution in [0.4, 0.5) is 10.1 Å². The van der Waals surface area contributed by atoms with Crippen molar-refractivity contribution in [3.63, 3.8) is 0 Å². The van der Waals surface area contributed by atoms with E-state index in [0.717, 1.165) is 36.3 Å². The SMILES string of the molecule is CC[C@]12C=CCN3CC[C@@]4(c5ccc(OC)cc5N(C)[C@H]4[C@@](O)(C(=O)OC)[C@@H]1OCc1cn(Cc4ccc(F)cc4)nn1)[C@@H]32. The maximum atomic E-state index is 14.0. The van der Waals surface area contributed by atoms with Crippen molar-refractivity contribution in [1.82, 2.24) is 19.9 Å². The van der Waals surface area contributed by atoms with Gasteiger partial charge in [-0.2, -0.15) is 0 Å². The van der Waals surface area contributed by atoms with E-state index in [0.29, 0.717) is 24.4 Å². The number of hydrogen-bond donors (Lipinski definition) is 1. The third-order valence-corrected chi connectivity index (χ3v) is 10.6. The largest absolute Gasteiger partial charge is 0.497 e. The van der Waals surface area contributed by atoms with Crippen LogP contribution in [0.2, 0.25) is 0 Å². The second-order valence-electron chi connectivity index (χ2n) is 12.5. The zero-order chi connectivity index (χ0) is 30.9. The van der Waals surface area contributed by atoms with Crippen LogP contribution in [0.15, 0.2) is 60.8 Å². The highest BCUT2D eigenvalue weighted by Crippen LogP contribution is 2.67. The highest BCUT2D eigenvalue weighted by Gasteiger charge is 2.79. The van der Waals surface area contributed by atoms with Gasteiger partial charge in [0.15, 0.2) is 0 Å². The van der Waals surface area contributed by atoms with Gasteiger partial charge >= 0.3 is 5.97 Å². The summed E-state index contributed by atoms with van der Waals surface area (Å²) >= 11 is 0. The van der Waals surface area contributed by atoms with E-state index in [1.807, 2.05) is 24.1 Å². The van der Waals surface area contributed by atoms with Gasteiger partial charge in [-0.05, 0) is 48.7 Å². The summed E-state index contributed by atoms with van der Waals surface area (Å²) in [7, 11) is 4.89. The number of aliphatic hydroxyl groups is 1. The number of methoxy groups -OCH3 is 2. The maximum Gasteiger partial charge on any atom is 0.342 e. The van der Waals surface area contributed by atoms with Gasteiger partial charge in [0.05, 0.1) is 39.6 Å². The molecule has 7 rings (SSSR count). The van der Waals surface area contributed by atoms with Gasteiger partial charge in [-0.25, -0.2) is 13.9 Å². The van der Waals surface area contributed by atoms with Crippen molar-refractivity contribution < 1.29 is 28.5 Å². The molecule has 2 fully saturated rings. The second-order valence-corrected chi connectivity index (χ2v) is 12.5. The van der Waals surface area contributed by atoms with E-state index < -0.39 is 34.5 Å². The minimum Gasteiger partial charge on any atom is -0.497 e. The van der Waals surface area contributed by atoms with Crippen molar-refractivity contribution in [3.05, 3.63) is 83.5 Å². The number of halogens is 1. The molecular weight excluding hydrogens is 565 g/mol. The Bertz CT molecular complexity index is 1610. The molecule has 3 aliphatic heterocycles. The first kappa shape index (κ1) is 28.9. The fourth-order valence-electron chi connectivity index (χ4n) is 9.02. The van der Waals surface area contributed by atoms with E-state index >= 15 is 0 Å². The van der Waals surface area contributed by atoms with Gasteiger partial charge in [-0.15, -0.1) is 5.10 Å². The molecule has 0 radical (unpaired) electrons. The molecule has 0 amide bonds. The molecule has 1 aromatic heterocycles. The van der Waals surface area contributed by atoms with E-state index in [1.165, 1.54) is 19.2 Å². The van der Waals surface area contributed by atoms with Crippen LogP contribution in [0.5, 0.6) is 5.75 Å². The minimum atomic E-state index is -2.02. The fraction of sp³-hybridized carbons (Fsp3) is 0.485. The minimum absolute atomic E-state index is 0.0277. The number of esters is 1. The molecule has 10 nitrogen and oxygen atoms in total. The molecule has 1 saturated carbocycles. The second kappa shape index (κ2) is 10.4. The number of fused-ring (bicyclic) bond motifs is 1. The van der Waals surface area contributed by atoms with E-state index in [1.54, 1.807) is 30.1 Å². The molecule has 1 saturated heterocycles. The normalized spacial score (nSPS) is 31.9. The van der Waals surface area contributed by atoms with Gasteiger partial charge in [-0.1, -0.05) is 42.5 Å². The topological polar surface area (TPSA) is 102 Å². The molecule has 0 unspecified atom stereocenters. The number of benzene rings is 2. The number of aromatic nitrogens is 3. The number of carbonyl (C=O) groups excluding carboxylic acids is 1. The van der Waals surface area contributed by atoms with Crippen molar-refractivity contribution in [2.45, 2.75) is 62.1 Å². The molecule has 4 heterocycles. The van der Waals surface area contributed by atoms with Gasteiger partial charge in [0, 0.05) is 42.2 Å². The summed E-state index contributed by atoms with van der Waals surface area (Å²) in [5.41, 5.74) is 0.186. The zero-order valence-corrected chi connectivity index (χ0v) is 25.4. The average Bonchev–Trinajstić information content (AvgIpc) is 3.73. The molecular formula is C33H38FN5O5. The van der Waals surface area contributed by atoms with Gasteiger partial charge in [0.25, 0.3) is 0 Å². The van der Waals surface area contributed by atoms with Gasteiger partial charge in [0.2, 0.25) is 5.60 Å². The number of hydrogen-bond acceptors (Lipinski definition) is 9. The molecule has 2 aromatic carbocycles. The standard InChI is InChI=1S/C33H38FN5O5/c1-5-31-13-6-15-38-16-14-32(27(31)38)25-12-11-24(42-3)17-26(25)37(2)28(32)33(41,30(40)43-4)29(31)44-20-23-19-39(36-35-23)18-21-7-9-22(34)10-8-21/h6-13,17,19,27-29,41H,5,14-16,18,20H2,1-4H3/t27-,28+,29+,31+,32+,33-/m0/s1. The smallest absolute Gasteiger partial charge is 0.342 e. The lowest BCUT2D eigenvalue weighted by Gasteiger charge is -2.64. The van der Waals surface area contributed by atoms with E-state index in [-0.39, 0.29) is 18.5 Å². The zero-order valence-electron chi connectivity index (χ0n) is 25.4. The Labute approximate surface area is 256 Å². The molecule has 6 atom stereocenters. The molecule has 11 heteroatoms. The number of anilines is 1. The van der Waals surface area contributed by atoms with E-state index in [4.69, 9.17) is 14.2 Å². The predicted molar refractivity (Wildman–Crippen MR) is 160 cm³/mol. The van der Waals surface area contributed by atoms with Gasteiger partial charge < -0.3 is 24.2 Å². The molecule has 44 heavy (non-hydrogen) atoms. The Balaban J connectivity index is 1.31. The quantitative estimate of drug-likeness (QED) is 0.308. The summed E-state index contributed by atoms with van der Waals surface area (Å²) < 4.78 is 32.8. The summed E-state index contributed by atoms with van der Waals surface area (Å²) in [4.78, 5) is 18.5. The first-order valence-corrected chi connectivity index (χ1v) is 15.1. The van der Waals surface area contributed by atoms with Crippen LogP contribution in [0.1, 0.15) is 36.6 Å². The fourth-order valence-corrected chi connectivity index (χ4v) is 9.02. The summed E-state index contributed by atoms with van der Waals surface area (Å²) in [6.07, 6.45) is 6.54. The number of carbonyl (C=O) groups is 1. The summed E-state index contributed by atoms with van der Waals surface area (Å²) in [5.74, 6) is -0.306. The molecule has 1 aliphatic carbocycles. The van der Waals surface area contributed by atoms with Crippen LogP contribution in [-0.4, -0.2) is 89.1 Å². The molecule has 1 N–H and O–H groups in total. The van der Waals surface area contributed by atoms with E-state index in [2.05, 4.69) is 40.4 Å². The molecule has 4 aliphatic rings. The summed E-state index contributed by atoms with van der Waals surface area (Å²) in [5, 5.41) is 21.6. The van der Waals surface area contributed by atoms with Crippen molar-refractivity contribution in [1.29, 1.82) is 0 Å². The summed E-state index contributed by atoms with van der Waals surface area (Å²) in [6, 6.07) is 11.6. The van der Waals surface area contributed by atoms with Crippen molar-refractivity contribution in [2.24, 2.45) is 5.41 Å². The average molecular weight is 604 g/mol. The Morgan fingerprint density at radius 1 is 1.16 bits per heavy atom. The number of rotatable bonds is 8. The first-order chi connectivity index (χ1) is 21.2. The van der Waals surface area contributed by atoms with Crippen molar-refractivity contribution in [2.75, 3.05) is 39.3 Å². The Kier molecular flexibility index (Phi) is 6.83. The molecule has 0 bridgehead atoms. The third kappa shape index (κ3) is 3.85. The van der Waals surface area contributed by atoms with Crippen LogP contribution in [0.25, 0.3) is 0 Å². The third-order valence-electron chi connectivity index (χ3n) is 10.6. The lowest BCUT2D eigenvalue weighted by atomic mass is 9.47. The number of likely N-dealkylation sites (N-methyl/N-ethyl adjacent to an activating group) is 1. The van der Waals surface area contributed by atoms with E-state index in [9.17, 15) is 14.3 Å². The molecule has 232 valence electrons.